The summed E-state index contributed by atoms with van der Waals surface area (Å²) < 4.78 is 0. The number of hydrogen-bond acceptors (Lipinski definition) is 1. The Kier molecular flexibility index (Phi) is 3.07. The van der Waals surface area contributed by atoms with E-state index in [1.807, 2.05) is 6.08 Å². The summed E-state index contributed by atoms with van der Waals surface area (Å²) in [5.74, 6) is 0. The zero-order chi connectivity index (χ0) is 11.5. The third-order valence-electron chi connectivity index (χ3n) is 2.59. The van der Waals surface area contributed by atoms with E-state index in [0.717, 1.165) is 5.56 Å². The van der Waals surface area contributed by atoms with Gasteiger partial charge in [-0.2, -0.15) is 0 Å². The van der Waals surface area contributed by atoms with Crippen LogP contribution in [0.2, 0.25) is 0 Å². The Morgan fingerprint density at radius 3 is 2.50 bits per heavy atom. The van der Waals surface area contributed by atoms with Crippen molar-refractivity contribution in [2.45, 2.75) is 20.0 Å². The van der Waals surface area contributed by atoms with E-state index in [1.54, 1.807) is 13.0 Å². The third kappa shape index (κ3) is 2.50. The second kappa shape index (κ2) is 4.50. The van der Waals surface area contributed by atoms with Crippen LogP contribution >= 0.6 is 0 Å². The van der Waals surface area contributed by atoms with Gasteiger partial charge in [0.15, 0.2) is 0 Å². The van der Waals surface area contributed by atoms with Crippen LogP contribution in [0.4, 0.5) is 0 Å². The smallest absolute Gasteiger partial charge is 0.0696 e. The maximum atomic E-state index is 9.18. The lowest BCUT2D eigenvalue weighted by atomic mass is 10.0. The van der Waals surface area contributed by atoms with Crippen molar-refractivity contribution >= 4 is 16.8 Å². The van der Waals surface area contributed by atoms with E-state index in [4.69, 9.17) is 0 Å². The molecule has 0 fully saturated rings. The lowest BCUT2D eigenvalue weighted by Crippen LogP contribution is -1.91. The van der Waals surface area contributed by atoms with Crippen LogP contribution in [-0.2, 0) is 0 Å². The van der Waals surface area contributed by atoms with Gasteiger partial charge in [-0.1, -0.05) is 48.0 Å². The summed E-state index contributed by atoms with van der Waals surface area (Å²) in [5.41, 5.74) is 2.40. The molecule has 0 saturated heterocycles. The highest BCUT2D eigenvalue weighted by atomic mass is 16.3. The van der Waals surface area contributed by atoms with Gasteiger partial charge in [0.1, 0.15) is 0 Å². The average molecular weight is 212 g/mol. The zero-order valence-electron chi connectivity index (χ0n) is 9.64. The molecule has 2 aromatic rings. The largest absolute Gasteiger partial charge is 0.389 e. The second-order valence-electron chi connectivity index (χ2n) is 4.21. The Balaban J connectivity index is 2.41. The van der Waals surface area contributed by atoms with Crippen molar-refractivity contribution in [1.82, 2.24) is 0 Å². The molecule has 0 aliphatic carbocycles. The van der Waals surface area contributed by atoms with Crippen LogP contribution in [-0.4, -0.2) is 11.2 Å². The standard InChI is InChI=1S/C15H16O/c1-11-3-7-15-10-13(5-4-12(2)16)6-8-14(15)9-11/h3-10,12,16H,1-2H3/b5-4+. The van der Waals surface area contributed by atoms with E-state index in [2.05, 4.69) is 43.3 Å². The molecule has 16 heavy (non-hydrogen) atoms. The van der Waals surface area contributed by atoms with Gasteiger partial charge >= 0.3 is 0 Å². The lowest BCUT2D eigenvalue weighted by molar-refractivity contribution is 0.245. The molecule has 0 heterocycles. The lowest BCUT2D eigenvalue weighted by Gasteiger charge is -2.01. The van der Waals surface area contributed by atoms with Gasteiger partial charge in [0.25, 0.3) is 0 Å². The predicted molar refractivity (Wildman–Crippen MR) is 69.4 cm³/mol. The summed E-state index contributed by atoms with van der Waals surface area (Å²) in [7, 11) is 0. The topological polar surface area (TPSA) is 20.2 Å². The van der Waals surface area contributed by atoms with Gasteiger partial charge in [0, 0.05) is 0 Å². The van der Waals surface area contributed by atoms with E-state index >= 15 is 0 Å². The molecule has 0 radical (unpaired) electrons. The monoisotopic (exact) mass is 212 g/mol. The second-order valence-corrected chi connectivity index (χ2v) is 4.21. The first-order valence-corrected chi connectivity index (χ1v) is 5.52. The maximum Gasteiger partial charge on any atom is 0.0696 e. The van der Waals surface area contributed by atoms with E-state index in [0.29, 0.717) is 0 Å². The van der Waals surface area contributed by atoms with E-state index in [9.17, 15) is 5.11 Å². The molecule has 0 amide bonds. The third-order valence-corrected chi connectivity index (χ3v) is 2.59. The van der Waals surface area contributed by atoms with E-state index in [-0.39, 0.29) is 0 Å². The first-order valence-electron chi connectivity index (χ1n) is 5.52. The number of aryl methyl sites for hydroxylation is 1. The molecule has 0 bridgehead atoms. The van der Waals surface area contributed by atoms with Gasteiger partial charge in [-0.25, -0.2) is 0 Å². The van der Waals surface area contributed by atoms with Crippen LogP contribution in [0.25, 0.3) is 16.8 Å². The quantitative estimate of drug-likeness (QED) is 0.807. The van der Waals surface area contributed by atoms with Crippen LogP contribution in [0.5, 0.6) is 0 Å². The van der Waals surface area contributed by atoms with E-state index in [1.165, 1.54) is 16.3 Å². The molecule has 0 spiro atoms. The van der Waals surface area contributed by atoms with Crippen LogP contribution in [0, 0.1) is 6.92 Å². The highest BCUT2D eigenvalue weighted by Crippen LogP contribution is 2.18. The van der Waals surface area contributed by atoms with Crippen molar-refractivity contribution < 1.29 is 5.11 Å². The fourth-order valence-electron chi connectivity index (χ4n) is 1.74. The summed E-state index contributed by atoms with van der Waals surface area (Å²) in [6.45, 7) is 3.85. The molecule has 1 heteroatoms. The SMILES string of the molecule is Cc1ccc2cc(/C=C/C(C)O)ccc2c1. The Morgan fingerprint density at radius 1 is 1.06 bits per heavy atom. The molecule has 1 N–H and O–H groups in total. The Hall–Kier alpha value is -1.60. The number of aliphatic hydroxyl groups excluding tert-OH is 1. The van der Waals surface area contributed by atoms with Gasteiger partial charge in [0.05, 0.1) is 6.10 Å². The fourth-order valence-corrected chi connectivity index (χ4v) is 1.74. The van der Waals surface area contributed by atoms with Crippen molar-refractivity contribution in [2.24, 2.45) is 0 Å². The number of aliphatic hydroxyl groups is 1. The molecule has 1 atom stereocenters. The van der Waals surface area contributed by atoms with Gasteiger partial charge < -0.3 is 5.11 Å². The number of benzene rings is 2. The van der Waals surface area contributed by atoms with Crippen molar-refractivity contribution in [3.63, 3.8) is 0 Å². The maximum absolute atomic E-state index is 9.18. The highest BCUT2D eigenvalue weighted by molar-refractivity contribution is 5.85. The molecular formula is C15H16O. The van der Waals surface area contributed by atoms with Crippen LogP contribution in [0.15, 0.2) is 42.5 Å². The van der Waals surface area contributed by atoms with Crippen molar-refractivity contribution in [2.75, 3.05) is 0 Å². The zero-order valence-corrected chi connectivity index (χ0v) is 9.64. The summed E-state index contributed by atoms with van der Waals surface area (Å²) in [4.78, 5) is 0. The molecule has 1 unspecified atom stereocenters. The van der Waals surface area contributed by atoms with Crippen LogP contribution in [0.1, 0.15) is 18.1 Å². The fraction of sp³-hybridized carbons (Fsp3) is 0.200. The summed E-state index contributed by atoms with van der Waals surface area (Å²) >= 11 is 0. The molecule has 2 rings (SSSR count). The van der Waals surface area contributed by atoms with Crippen molar-refractivity contribution in [1.29, 1.82) is 0 Å². The summed E-state index contributed by atoms with van der Waals surface area (Å²) in [6, 6.07) is 12.7. The van der Waals surface area contributed by atoms with Gasteiger partial charge in [0.2, 0.25) is 0 Å². The van der Waals surface area contributed by atoms with Gasteiger partial charge in [-0.05, 0) is 36.2 Å². The number of rotatable bonds is 2. The number of hydrogen-bond donors (Lipinski definition) is 1. The van der Waals surface area contributed by atoms with Gasteiger partial charge in [-0.15, -0.1) is 0 Å². The molecule has 1 nitrogen and oxygen atoms in total. The molecule has 0 saturated carbocycles. The molecule has 82 valence electrons. The first-order chi connectivity index (χ1) is 7.65. The van der Waals surface area contributed by atoms with Gasteiger partial charge in [-0.3, -0.25) is 0 Å². The minimum atomic E-state index is -0.395. The van der Waals surface area contributed by atoms with Crippen molar-refractivity contribution in [3.8, 4) is 0 Å². The Bertz CT molecular complexity index is 524. The summed E-state index contributed by atoms with van der Waals surface area (Å²) in [6.07, 6.45) is 3.34. The molecule has 2 aromatic carbocycles. The van der Waals surface area contributed by atoms with Crippen molar-refractivity contribution in [3.05, 3.63) is 53.6 Å². The normalized spacial score (nSPS) is 13.4. The highest BCUT2D eigenvalue weighted by Gasteiger charge is 1.95. The molecule has 0 aliphatic rings. The summed E-state index contributed by atoms with van der Waals surface area (Å²) in [5, 5.41) is 11.7. The first kappa shape index (κ1) is 10.9. The average Bonchev–Trinajstić information content (AvgIpc) is 2.26. The Labute approximate surface area is 96.0 Å². The van der Waals surface area contributed by atoms with E-state index < -0.39 is 6.10 Å². The Morgan fingerprint density at radius 2 is 1.75 bits per heavy atom. The molecule has 0 aromatic heterocycles. The molecule has 0 aliphatic heterocycles. The van der Waals surface area contributed by atoms with Crippen LogP contribution in [0.3, 0.4) is 0 Å². The minimum Gasteiger partial charge on any atom is -0.389 e. The predicted octanol–water partition coefficient (Wildman–Crippen LogP) is 3.54. The number of fused-ring (bicyclic) bond motifs is 1. The molecular weight excluding hydrogens is 196 g/mol. The minimum absolute atomic E-state index is 0.395. The van der Waals surface area contributed by atoms with Crippen LogP contribution < -0.4 is 0 Å².